The lowest BCUT2D eigenvalue weighted by Gasteiger charge is -2.04. The molecule has 0 amide bonds. The predicted octanol–water partition coefficient (Wildman–Crippen LogP) is 2.47. The molecule has 1 unspecified atom stereocenters. The third-order valence-corrected chi connectivity index (χ3v) is 3.04. The maximum absolute atomic E-state index is 10.8. The van der Waals surface area contributed by atoms with Crippen LogP contribution in [0.5, 0.6) is 0 Å². The second kappa shape index (κ2) is 6.38. The molecule has 0 aliphatic heterocycles. The van der Waals surface area contributed by atoms with Crippen LogP contribution in [0.4, 0.5) is 0 Å². The molecule has 19 heavy (non-hydrogen) atoms. The molecule has 0 aliphatic carbocycles. The third kappa shape index (κ3) is 3.15. The van der Waals surface area contributed by atoms with Crippen molar-refractivity contribution in [2.24, 2.45) is 12.8 Å². The number of aryl methyl sites for hydroxylation is 2. The monoisotopic (exact) mass is 262 g/mol. The number of para-hydroxylation sites is 1. The lowest BCUT2D eigenvalue weighted by molar-refractivity contribution is -0.138. The van der Waals surface area contributed by atoms with Crippen LogP contribution >= 0.6 is 0 Å². The molecule has 3 N–H and O–H groups in total. The SMILES string of the molecule is CC.Cc1cccc2c(CC(N)C(=O)O)cn(C)c12. The van der Waals surface area contributed by atoms with Gasteiger partial charge in [0.25, 0.3) is 0 Å². The largest absolute Gasteiger partial charge is 0.480 e. The predicted molar refractivity (Wildman–Crippen MR) is 78.3 cm³/mol. The molecule has 0 saturated carbocycles. The van der Waals surface area contributed by atoms with Crippen LogP contribution in [-0.4, -0.2) is 21.7 Å². The lowest BCUT2D eigenvalue weighted by atomic mass is 10.0. The lowest BCUT2D eigenvalue weighted by Crippen LogP contribution is -2.32. The molecule has 0 aliphatic rings. The number of nitrogens with two attached hydrogens (primary N) is 1. The Balaban J connectivity index is 0.000000861. The van der Waals surface area contributed by atoms with E-state index in [-0.39, 0.29) is 0 Å². The molecule has 0 bridgehead atoms. The van der Waals surface area contributed by atoms with Crippen molar-refractivity contribution in [1.82, 2.24) is 4.57 Å². The van der Waals surface area contributed by atoms with Crippen molar-refractivity contribution < 1.29 is 9.90 Å². The number of nitrogens with zero attached hydrogens (tertiary/aromatic N) is 1. The van der Waals surface area contributed by atoms with Crippen molar-refractivity contribution >= 4 is 16.9 Å². The van der Waals surface area contributed by atoms with Crippen molar-refractivity contribution in [3.63, 3.8) is 0 Å². The van der Waals surface area contributed by atoms with Gasteiger partial charge in [-0.3, -0.25) is 4.79 Å². The molecule has 0 saturated heterocycles. The molecule has 104 valence electrons. The van der Waals surface area contributed by atoms with Crippen LogP contribution in [0.15, 0.2) is 24.4 Å². The van der Waals surface area contributed by atoms with Crippen LogP contribution < -0.4 is 5.73 Å². The molecule has 1 aromatic carbocycles. The summed E-state index contributed by atoms with van der Waals surface area (Å²) < 4.78 is 2.02. The summed E-state index contributed by atoms with van der Waals surface area (Å²) in [7, 11) is 1.96. The van der Waals surface area contributed by atoms with E-state index >= 15 is 0 Å². The Kier molecular flexibility index (Phi) is 5.12. The number of aromatic nitrogens is 1. The van der Waals surface area contributed by atoms with E-state index in [4.69, 9.17) is 10.8 Å². The number of carboxylic acid groups (broad SMARTS) is 1. The maximum Gasteiger partial charge on any atom is 0.320 e. The van der Waals surface area contributed by atoms with Gasteiger partial charge < -0.3 is 15.4 Å². The summed E-state index contributed by atoms with van der Waals surface area (Å²) in [5, 5.41) is 9.93. The Hall–Kier alpha value is -1.81. The molecule has 0 spiro atoms. The van der Waals surface area contributed by atoms with E-state index < -0.39 is 12.0 Å². The zero-order valence-corrected chi connectivity index (χ0v) is 12.0. The number of hydrogen-bond donors (Lipinski definition) is 2. The minimum absolute atomic E-state index is 0.357. The van der Waals surface area contributed by atoms with Gasteiger partial charge in [-0.25, -0.2) is 0 Å². The summed E-state index contributed by atoms with van der Waals surface area (Å²) >= 11 is 0. The fourth-order valence-electron chi connectivity index (χ4n) is 2.24. The fraction of sp³-hybridized carbons (Fsp3) is 0.400. The fourth-order valence-corrected chi connectivity index (χ4v) is 2.24. The van der Waals surface area contributed by atoms with Gasteiger partial charge in [0.2, 0.25) is 0 Å². The van der Waals surface area contributed by atoms with E-state index in [1.807, 2.05) is 56.8 Å². The second-order valence-corrected chi connectivity index (χ2v) is 4.39. The van der Waals surface area contributed by atoms with Crippen LogP contribution in [0.3, 0.4) is 0 Å². The number of aliphatic carboxylic acids is 1. The highest BCUT2D eigenvalue weighted by Crippen LogP contribution is 2.24. The van der Waals surface area contributed by atoms with Crippen molar-refractivity contribution in [3.8, 4) is 0 Å². The van der Waals surface area contributed by atoms with Crippen LogP contribution in [-0.2, 0) is 18.3 Å². The Labute approximate surface area is 113 Å². The van der Waals surface area contributed by atoms with Crippen LogP contribution in [0, 0.1) is 6.92 Å². The van der Waals surface area contributed by atoms with Crippen LogP contribution in [0.1, 0.15) is 25.0 Å². The Morgan fingerprint density at radius 3 is 2.63 bits per heavy atom. The second-order valence-electron chi connectivity index (χ2n) is 4.39. The molecule has 1 heterocycles. The number of hydrogen-bond acceptors (Lipinski definition) is 2. The number of carboxylic acids is 1. The molecule has 1 aromatic heterocycles. The van der Waals surface area contributed by atoms with Gasteiger partial charge in [-0.05, 0) is 18.1 Å². The van der Waals surface area contributed by atoms with Gasteiger partial charge in [-0.2, -0.15) is 0 Å². The normalized spacial score (nSPS) is 11.8. The summed E-state index contributed by atoms with van der Waals surface area (Å²) in [6.45, 7) is 6.04. The van der Waals surface area contributed by atoms with E-state index in [0.717, 1.165) is 16.5 Å². The molecule has 2 rings (SSSR count). The average molecular weight is 262 g/mol. The standard InChI is InChI=1S/C13H16N2O2.C2H6/c1-8-4-3-5-10-9(6-11(14)13(16)17)7-15(2)12(8)10;1-2/h3-5,7,11H,6,14H2,1-2H3,(H,16,17);1-2H3. The Morgan fingerprint density at radius 1 is 1.42 bits per heavy atom. The molecule has 4 heteroatoms. The molecular weight excluding hydrogens is 240 g/mol. The van der Waals surface area contributed by atoms with Gasteiger partial charge in [0, 0.05) is 25.1 Å². The zero-order chi connectivity index (χ0) is 14.6. The summed E-state index contributed by atoms with van der Waals surface area (Å²) in [4.78, 5) is 10.8. The van der Waals surface area contributed by atoms with Gasteiger partial charge in [-0.15, -0.1) is 0 Å². The first-order chi connectivity index (χ1) is 9.00. The molecule has 0 fully saturated rings. The number of carbonyl (C=O) groups is 1. The van der Waals surface area contributed by atoms with Gasteiger partial charge in [0.1, 0.15) is 6.04 Å². The van der Waals surface area contributed by atoms with Crippen LogP contribution in [0.2, 0.25) is 0 Å². The van der Waals surface area contributed by atoms with Gasteiger partial charge in [-0.1, -0.05) is 32.0 Å². The first-order valence-corrected chi connectivity index (χ1v) is 6.52. The summed E-state index contributed by atoms with van der Waals surface area (Å²) in [6.07, 6.45) is 2.32. The van der Waals surface area contributed by atoms with E-state index in [2.05, 4.69) is 0 Å². The van der Waals surface area contributed by atoms with Crippen LogP contribution in [0.25, 0.3) is 10.9 Å². The Morgan fingerprint density at radius 2 is 2.05 bits per heavy atom. The topological polar surface area (TPSA) is 68.2 Å². The molecule has 4 nitrogen and oxygen atoms in total. The maximum atomic E-state index is 10.8. The Bertz CT molecular complexity index is 573. The highest BCUT2D eigenvalue weighted by Gasteiger charge is 2.16. The smallest absolute Gasteiger partial charge is 0.320 e. The summed E-state index contributed by atoms with van der Waals surface area (Å²) in [5.41, 5.74) is 8.88. The van der Waals surface area contributed by atoms with Gasteiger partial charge in [0.05, 0.1) is 5.52 Å². The van der Waals surface area contributed by atoms with Crippen molar-refractivity contribution in [3.05, 3.63) is 35.5 Å². The highest BCUT2D eigenvalue weighted by molar-refractivity contribution is 5.87. The zero-order valence-electron chi connectivity index (χ0n) is 12.0. The first kappa shape index (κ1) is 15.2. The van der Waals surface area contributed by atoms with E-state index in [1.165, 1.54) is 5.56 Å². The average Bonchev–Trinajstić information content (AvgIpc) is 2.70. The molecule has 2 aromatic rings. The minimum Gasteiger partial charge on any atom is -0.480 e. The third-order valence-electron chi connectivity index (χ3n) is 3.04. The van der Waals surface area contributed by atoms with E-state index in [1.54, 1.807) is 0 Å². The first-order valence-electron chi connectivity index (χ1n) is 6.52. The van der Waals surface area contributed by atoms with Crippen molar-refractivity contribution in [1.29, 1.82) is 0 Å². The van der Waals surface area contributed by atoms with E-state index in [9.17, 15) is 4.79 Å². The molecular formula is C15H22N2O2. The highest BCUT2D eigenvalue weighted by atomic mass is 16.4. The summed E-state index contributed by atoms with van der Waals surface area (Å²) in [6, 6.07) is 5.18. The van der Waals surface area contributed by atoms with Gasteiger partial charge >= 0.3 is 5.97 Å². The van der Waals surface area contributed by atoms with Crippen molar-refractivity contribution in [2.75, 3.05) is 0 Å². The number of benzene rings is 1. The number of fused-ring (bicyclic) bond motifs is 1. The molecule has 1 atom stereocenters. The van der Waals surface area contributed by atoms with E-state index in [0.29, 0.717) is 6.42 Å². The number of rotatable bonds is 3. The summed E-state index contributed by atoms with van der Waals surface area (Å²) in [5.74, 6) is -0.963. The van der Waals surface area contributed by atoms with Crippen molar-refractivity contribution in [2.45, 2.75) is 33.2 Å². The van der Waals surface area contributed by atoms with Gasteiger partial charge in [0.15, 0.2) is 0 Å². The minimum atomic E-state index is -0.963. The molecule has 0 radical (unpaired) electrons. The quantitative estimate of drug-likeness (QED) is 0.892.